The number of para-hydroxylation sites is 1. The van der Waals surface area contributed by atoms with Gasteiger partial charge in [0.15, 0.2) is 0 Å². The van der Waals surface area contributed by atoms with Crippen molar-refractivity contribution in [3.63, 3.8) is 0 Å². The molecule has 2 aromatic heterocycles. The molecule has 130 valence electrons. The summed E-state index contributed by atoms with van der Waals surface area (Å²) in [5, 5.41) is 6.96. The molecule has 4 rings (SSSR count). The van der Waals surface area contributed by atoms with E-state index in [0.717, 1.165) is 55.5 Å². The van der Waals surface area contributed by atoms with E-state index in [1.807, 2.05) is 43.5 Å². The molecule has 0 aliphatic carbocycles. The Morgan fingerprint density at radius 3 is 2.88 bits per heavy atom. The second kappa shape index (κ2) is 6.68. The van der Waals surface area contributed by atoms with Crippen molar-refractivity contribution in [3.05, 3.63) is 64.4 Å². The van der Waals surface area contributed by atoms with Crippen LogP contribution < -0.4 is 5.69 Å². The number of aryl methyl sites for hydroxylation is 1. The lowest BCUT2D eigenvalue weighted by Gasteiger charge is -2.31. The molecule has 0 radical (unpaired) electrons. The van der Waals surface area contributed by atoms with Crippen LogP contribution in [0.25, 0.3) is 5.69 Å². The molecule has 1 saturated heterocycles. The van der Waals surface area contributed by atoms with Crippen molar-refractivity contribution >= 4 is 0 Å². The highest BCUT2D eigenvalue weighted by Crippen LogP contribution is 2.26. The Kier molecular flexibility index (Phi) is 4.23. The molecule has 2 N–H and O–H groups in total. The molecule has 0 amide bonds. The Hall–Kier alpha value is -2.67. The molecule has 7 heteroatoms. The van der Waals surface area contributed by atoms with Crippen LogP contribution in [0.3, 0.4) is 0 Å². The van der Waals surface area contributed by atoms with Gasteiger partial charge in [0.2, 0.25) is 0 Å². The number of hydrogen-bond acceptors (Lipinski definition) is 4. The number of piperidine rings is 1. The van der Waals surface area contributed by atoms with Gasteiger partial charge in [0, 0.05) is 24.4 Å². The van der Waals surface area contributed by atoms with Gasteiger partial charge in [-0.25, -0.2) is 19.4 Å². The van der Waals surface area contributed by atoms with Crippen LogP contribution >= 0.6 is 0 Å². The highest BCUT2D eigenvalue weighted by molar-refractivity contribution is 5.32. The maximum absolute atomic E-state index is 12.3. The standard InChI is InChI=1S/C18H22N6O/c1-13-10-19-16(20-13)12-23-9-5-6-14(11-23)17-21-22-18(25)24(17)15-7-3-2-4-8-15/h2-4,7-8,10,14H,5-6,9,11-12H2,1H3,(H,19,20)(H,22,25). The van der Waals surface area contributed by atoms with Gasteiger partial charge in [0.05, 0.1) is 12.2 Å². The molecule has 25 heavy (non-hydrogen) atoms. The minimum absolute atomic E-state index is 0.181. The fourth-order valence-corrected chi connectivity index (χ4v) is 3.58. The number of benzene rings is 1. The number of nitrogens with one attached hydrogen (secondary N) is 2. The molecule has 7 nitrogen and oxygen atoms in total. The van der Waals surface area contributed by atoms with Crippen molar-refractivity contribution < 1.29 is 0 Å². The Morgan fingerprint density at radius 2 is 2.12 bits per heavy atom. The fourth-order valence-electron chi connectivity index (χ4n) is 3.58. The summed E-state index contributed by atoms with van der Waals surface area (Å²) < 4.78 is 1.70. The van der Waals surface area contributed by atoms with Crippen molar-refractivity contribution in [1.29, 1.82) is 0 Å². The largest absolute Gasteiger partial charge is 0.347 e. The Labute approximate surface area is 145 Å². The van der Waals surface area contributed by atoms with Gasteiger partial charge in [-0.15, -0.1) is 0 Å². The average molecular weight is 338 g/mol. The van der Waals surface area contributed by atoms with Gasteiger partial charge in [-0.3, -0.25) is 4.90 Å². The summed E-state index contributed by atoms with van der Waals surface area (Å²) in [7, 11) is 0. The van der Waals surface area contributed by atoms with Crippen molar-refractivity contribution in [1.82, 2.24) is 29.6 Å². The molecule has 1 fully saturated rings. The predicted octanol–water partition coefficient (Wildman–Crippen LogP) is 1.97. The van der Waals surface area contributed by atoms with E-state index < -0.39 is 0 Å². The van der Waals surface area contributed by atoms with Gasteiger partial charge < -0.3 is 4.98 Å². The number of imidazole rings is 1. The molecular weight excluding hydrogens is 316 g/mol. The maximum Gasteiger partial charge on any atom is 0.347 e. The first-order valence-electron chi connectivity index (χ1n) is 8.66. The number of aromatic amines is 2. The highest BCUT2D eigenvalue weighted by atomic mass is 16.1. The zero-order valence-corrected chi connectivity index (χ0v) is 14.3. The zero-order chi connectivity index (χ0) is 17.2. The van der Waals surface area contributed by atoms with Crippen molar-refractivity contribution in [2.45, 2.75) is 32.2 Å². The van der Waals surface area contributed by atoms with Crippen molar-refractivity contribution in [3.8, 4) is 5.69 Å². The quantitative estimate of drug-likeness (QED) is 0.762. The molecule has 1 aromatic carbocycles. The lowest BCUT2D eigenvalue weighted by Crippen LogP contribution is -2.35. The van der Waals surface area contributed by atoms with Crippen LogP contribution in [-0.2, 0) is 6.54 Å². The van der Waals surface area contributed by atoms with Crippen LogP contribution in [-0.4, -0.2) is 42.7 Å². The molecule has 1 aliphatic heterocycles. The summed E-state index contributed by atoms with van der Waals surface area (Å²) in [5.74, 6) is 2.03. The normalized spacial score (nSPS) is 18.5. The number of rotatable bonds is 4. The van der Waals surface area contributed by atoms with E-state index in [4.69, 9.17) is 0 Å². The number of likely N-dealkylation sites (tertiary alicyclic amines) is 1. The first-order chi connectivity index (χ1) is 12.2. The molecule has 3 aromatic rings. The van der Waals surface area contributed by atoms with Crippen LogP contribution in [0.15, 0.2) is 41.3 Å². The number of aromatic nitrogens is 5. The lowest BCUT2D eigenvalue weighted by atomic mass is 9.97. The Morgan fingerprint density at radius 1 is 1.28 bits per heavy atom. The predicted molar refractivity (Wildman–Crippen MR) is 94.8 cm³/mol. The molecule has 0 spiro atoms. The van der Waals surface area contributed by atoms with Crippen LogP contribution in [0.4, 0.5) is 0 Å². The summed E-state index contributed by atoms with van der Waals surface area (Å²) >= 11 is 0. The van der Waals surface area contributed by atoms with E-state index in [1.165, 1.54) is 0 Å². The topological polar surface area (TPSA) is 82.6 Å². The number of nitrogens with zero attached hydrogens (tertiary/aromatic N) is 4. The third-order valence-corrected chi connectivity index (χ3v) is 4.71. The van der Waals surface area contributed by atoms with E-state index in [1.54, 1.807) is 4.57 Å². The molecule has 0 bridgehead atoms. The summed E-state index contributed by atoms with van der Waals surface area (Å²) in [6.07, 6.45) is 3.97. The molecule has 1 atom stereocenters. The lowest BCUT2D eigenvalue weighted by molar-refractivity contribution is 0.192. The van der Waals surface area contributed by atoms with Gasteiger partial charge in [-0.1, -0.05) is 18.2 Å². The molecule has 0 saturated carbocycles. The van der Waals surface area contributed by atoms with Crippen LogP contribution in [0.2, 0.25) is 0 Å². The first kappa shape index (κ1) is 15.8. The van der Waals surface area contributed by atoms with Gasteiger partial charge in [0.25, 0.3) is 0 Å². The summed E-state index contributed by atoms with van der Waals surface area (Å²) in [6.45, 7) is 4.72. The van der Waals surface area contributed by atoms with Crippen molar-refractivity contribution in [2.24, 2.45) is 0 Å². The number of H-pyrrole nitrogens is 2. The Bertz CT molecular complexity index is 894. The molecular formula is C18H22N6O. The van der Waals surface area contributed by atoms with E-state index in [9.17, 15) is 4.79 Å². The second-order valence-electron chi connectivity index (χ2n) is 6.65. The van der Waals surface area contributed by atoms with E-state index in [-0.39, 0.29) is 11.6 Å². The minimum Gasteiger partial charge on any atom is -0.345 e. The van der Waals surface area contributed by atoms with E-state index in [2.05, 4.69) is 25.1 Å². The summed E-state index contributed by atoms with van der Waals surface area (Å²) in [5.41, 5.74) is 1.75. The third kappa shape index (κ3) is 3.28. The highest BCUT2D eigenvalue weighted by Gasteiger charge is 2.27. The molecule has 1 aliphatic rings. The van der Waals surface area contributed by atoms with Gasteiger partial charge in [-0.05, 0) is 38.4 Å². The monoisotopic (exact) mass is 338 g/mol. The van der Waals surface area contributed by atoms with Gasteiger partial charge in [0.1, 0.15) is 11.6 Å². The summed E-state index contributed by atoms with van der Waals surface area (Å²) in [6, 6.07) is 9.69. The van der Waals surface area contributed by atoms with Crippen LogP contribution in [0, 0.1) is 6.92 Å². The Balaban J connectivity index is 1.57. The van der Waals surface area contributed by atoms with E-state index in [0.29, 0.717) is 0 Å². The van der Waals surface area contributed by atoms with Crippen LogP contribution in [0.5, 0.6) is 0 Å². The molecule has 1 unspecified atom stereocenters. The number of hydrogen-bond donors (Lipinski definition) is 2. The van der Waals surface area contributed by atoms with Gasteiger partial charge >= 0.3 is 5.69 Å². The van der Waals surface area contributed by atoms with E-state index >= 15 is 0 Å². The first-order valence-corrected chi connectivity index (χ1v) is 8.66. The fraction of sp³-hybridized carbons (Fsp3) is 0.389. The SMILES string of the molecule is Cc1cnc(CN2CCCC(c3n[nH]c(=O)n3-c3ccccc3)C2)[nH]1. The summed E-state index contributed by atoms with van der Waals surface area (Å²) in [4.78, 5) is 22.3. The molecule has 3 heterocycles. The zero-order valence-electron chi connectivity index (χ0n) is 14.3. The third-order valence-electron chi connectivity index (χ3n) is 4.71. The average Bonchev–Trinajstić information content (AvgIpc) is 3.21. The minimum atomic E-state index is -0.181. The maximum atomic E-state index is 12.3. The second-order valence-corrected chi connectivity index (χ2v) is 6.65. The van der Waals surface area contributed by atoms with Gasteiger partial charge in [-0.2, -0.15) is 5.10 Å². The van der Waals surface area contributed by atoms with Crippen molar-refractivity contribution in [2.75, 3.05) is 13.1 Å². The van der Waals surface area contributed by atoms with Crippen LogP contribution in [0.1, 0.15) is 36.1 Å². The smallest absolute Gasteiger partial charge is 0.345 e.